The monoisotopic (exact) mass is 493 g/mol. The molecule has 0 aliphatic rings. The standard InChI is InChI=1S/C28H23N5O4/c1-18-25(28(36)33(32(18)2)22-14-7-4-8-15-22)30-26(34)20-12-9-13-21(16-20)29-27(35)24-17-23(31-37-24)19-10-5-3-6-11-19/h3-17H,1-2H3,(H,29,35)(H,30,34). The Morgan fingerprint density at radius 2 is 1.54 bits per heavy atom. The van der Waals surface area contributed by atoms with Gasteiger partial charge in [0.15, 0.2) is 0 Å². The van der Waals surface area contributed by atoms with Gasteiger partial charge in [-0.05, 0) is 37.3 Å². The van der Waals surface area contributed by atoms with Crippen LogP contribution in [-0.2, 0) is 7.05 Å². The van der Waals surface area contributed by atoms with Gasteiger partial charge in [0, 0.05) is 29.9 Å². The molecule has 2 heterocycles. The van der Waals surface area contributed by atoms with Crippen molar-refractivity contribution in [1.29, 1.82) is 0 Å². The Morgan fingerprint density at radius 3 is 2.27 bits per heavy atom. The van der Waals surface area contributed by atoms with E-state index in [0.29, 0.717) is 22.8 Å². The summed E-state index contributed by atoms with van der Waals surface area (Å²) >= 11 is 0. The number of para-hydroxylation sites is 1. The molecule has 0 radical (unpaired) electrons. The van der Waals surface area contributed by atoms with Crippen molar-refractivity contribution in [3.05, 3.63) is 118 Å². The van der Waals surface area contributed by atoms with Crippen molar-refractivity contribution in [1.82, 2.24) is 14.5 Å². The van der Waals surface area contributed by atoms with Gasteiger partial charge in [-0.25, -0.2) is 4.68 Å². The van der Waals surface area contributed by atoms with Crippen molar-refractivity contribution in [3.8, 4) is 16.9 Å². The van der Waals surface area contributed by atoms with Crippen LogP contribution in [0.4, 0.5) is 11.4 Å². The summed E-state index contributed by atoms with van der Waals surface area (Å²) in [4.78, 5) is 38.8. The van der Waals surface area contributed by atoms with Crippen LogP contribution in [0.5, 0.6) is 0 Å². The summed E-state index contributed by atoms with van der Waals surface area (Å²) in [5.74, 6) is -0.944. The van der Waals surface area contributed by atoms with Crippen LogP contribution in [-0.4, -0.2) is 26.3 Å². The maximum atomic E-state index is 13.1. The van der Waals surface area contributed by atoms with E-state index in [9.17, 15) is 14.4 Å². The van der Waals surface area contributed by atoms with Gasteiger partial charge in [0.25, 0.3) is 17.4 Å². The molecule has 0 atom stereocenters. The van der Waals surface area contributed by atoms with E-state index in [0.717, 1.165) is 5.56 Å². The highest BCUT2D eigenvalue weighted by molar-refractivity contribution is 6.07. The minimum Gasteiger partial charge on any atom is -0.350 e. The first-order valence-electron chi connectivity index (χ1n) is 11.5. The van der Waals surface area contributed by atoms with Crippen molar-refractivity contribution in [2.75, 3.05) is 10.6 Å². The molecule has 0 aliphatic carbocycles. The molecule has 2 amide bonds. The number of rotatable bonds is 6. The lowest BCUT2D eigenvalue weighted by Gasteiger charge is -2.07. The average Bonchev–Trinajstić information content (AvgIpc) is 3.50. The van der Waals surface area contributed by atoms with E-state index in [1.165, 1.54) is 10.7 Å². The van der Waals surface area contributed by atoms with Gasteiger partial charge >= 0.3 is 0 Å². The van der Waals surface area contributed by atoms with Crippen LogP contribution in [0, 0.1) is 6.92 Å². The molecular formula is C28H23N5O4. The molecule has 0 fully saturated rings. The van der Waals surface area contributed by atoms with Crippen LogP contribution in [0.25, 0.3) is 16.9 Å². The molecule has 0 bridgehead atoms. The molecule has 5 rings (SSSR count). The molecule has 2 N–H and O–H groups in total. The van der Waals surface area contributed by atoms with E-state index in [1.807, 2.05) is 60.7 Å². The summed E-state index contributed by atoms with van der Waals surface area (Å²) < 4.78 is 8.38. The first-order valence-corrected chi connectivity index (χ1v) is 11.5. The molecule has 0 aliphatic heterocycles. The lowest BCUT2D eigenvalue weighted by Crippen LogP contribution is -2.23. The van der Waals surface area contributed by atoms with E-state index < -0.39 is 11.8 Å². The number of hydrogen-bond acceptors (Lipinski definition) is 5. The first kappa shape index (κ1) is 23.6. The molecule has 0 saturated carbocycles. The van der Waals surface area contributed by atoms with Gasteiger partial charge in [-0.15, -0.1) is 0 Å². The fourth-order valence-electron chi connectivity index (χ4n) is 3.96. The molecule has 2 aromatic heterocycles. The van der Waals surface area contributed by atoms with Crippen LogP contribution in [0.2, 0.25) is 0 Å². The van der Waals surface area contributed by atoms with Gasteiger partial charge in [-0.2, -0.15) is 0 Å². The first-order chi connectivity index (χ1) is 17.9. The molecule has 3 aromatic carbocycles. The normalized spacial score (nSPS) is 10.8. The number of amides is 2. The number of benzene rings is 3. The molecule has 9 heteroatoms. The SMILES string of the molecule is Cc1c(NC(=O)c2cccc(NC(=O)c3cc(-c4ccccc4)no3)c2)c(=O)n(-c2ccccc2)n1C. The van der Waals surface area contributed by atoms with Crippen molar-refractivity contribution in [2.24, 2.45) is 7.05 Å². The molecule has 0 unspecified atom stereocenters. The second kappa shape index (κ2) is 9.82. The number of carbonyl (C=O) groups is 2. The van der Waals surface area contributed by atoms with Crippen LogP contribution >= 0.6 is 0 Å². The summed E-state index contributed by atoms with van der Waals surface area (Å²) in [7, 11) is 1.75. The average molecular weight is 494 g/mol. The van der Waals surface area contributed by atoms with Gasteiger partial charge in [0.2, 0.25) is 5.76 Å². The zero-order chi connectivity index (χ0) is 25.9. The molecular weight excluding hydrogens is 470 g/mol. The van der Waals surface area contributed by atoms with Crippen molar-refractivity contribution in [2.45, 2.75) is 6.92 Å². The van der Waals surface area contributed by atoms with Crippen molar-refractivity contribution >= 4 is 23.2 Å². The number of anilines is 2. The summed E-state index contributed by atoms with van der Waals surface area (Å²) in [6.45, 7) is 1.76. The second-order valence-corrected chi connectivity index (χ2v) is 8.37. The van der Waals surface area contributed by atoms with E-state index in [-0.39, 0.29) is 22.6 Å². The van der Waals surface area contributed by atoms with E-state index in [4.69, 9.17) is 4.52 Å². The minimum absolute atomic E-state index is 0.0371. The molecule has 37 heavy (non-hydrogen) atoms. The van der Waals surface area contributed by atoms with E-state index in [1.54, 1.807) is 42.9 Å². The summed E-state index contributed by atoms with van der Waals surface area (Å²) in [5.41, 5.74) is 3.16. The van der Waals surface area contributed by atoms with E-state index in [2.05, 4.69) is 15.8 Å². The number of aromatic nitrogens is 3. The van der Waals surface area contributed by atoms with E-state index >= 15 is 0 Å². The lowest BCUT2D eigenvalue weighted by atomic mass is 10.1. The van der Waals surface area contributed by atoms with Gasteiger partial charge in [-0.1, -0.05) is 59.8 Å². The maximum absolute atomic E-state index is 13.1. The molecule has 0 spiro atoms. The highest BCUT2D eigenvalue weighted by Gasteiger charge is 2.20. The summed E-state index contributed by atoms with van der Waals surface area (Å²) in [6.07, 6.45) is 0. The number of nitrogens with zero attached hydrogens (tertiary/aromatic N) is 3. The van der Waals surface area contributed by atoms with Crippen molar-refractivity contribution in [3.63, 3.8) is 0 Å². The zero-order valence-corrected chi connectivity index (χ0v) is 20.1. The number of hydrogen-bond donors (Lipinski definition) is 2. The zero-order valence-electron chi connectivity index (χ0n) is 20.1. The molecule has 9 nitrogen and oxygen atoms in total. The fourth-order valence-corrected chi connectivity index (χ4v) is 3.96. The number of carbonyl (C=O) groups excluding carboxylic acids is 2. The Hall–Kier alpha value is -5.18. The Morgan fingerprint density at radius 1 is 0.838 bits per heavy atom. The fraction of sp³-hybridized carbons (Fsp3) is 0.0714. The van der Waals surface area contributed by atoms with Gasteiger partial charge in [0.05, 0.1) is 11.4 Å². The largest absolute Gasteiger partial charge is 0.350 e. The number of nitrogens with one attached hydrogen (secondary N) is 2. The Balaban J connectivity index is 1.33. The third-order valence-electron chi connectivity index (χ3n) is 5.98. The predicted octanol–water partition coefficient (Wildman–Crippen LogP) is 4.64. The molecule has 184 valence electrons. The predicted molar refractivity (Wildman–Crippen MR) is 140 cm³/mol. The van der Waals surface area contributed by atoms with Crippen LogP contribution < -0.4 is 16.2 Å². The van der Waals surface area contributed by atoms with Crippen LogP contribution in [0.3, 0.4) is 0 Å². The summed E-state index contributed by atoms with van der Waals surface area (Å²) in [6, 6.07) is 26.5. The third-order valence-corrected chi connectivity index (χ3v) is 5.98. The summed E-state index contributed by atoms with van der Waals surface area (Å²) in [5, 5.41) is 9.40. The smallest absolute Gasteiger partial charge is 0.295 e. The minimum atomic E-state index is -0.503. The molecule has 0 saturated heterocycles. The Labute approximate surface area is 211 Å². The van der Waals surface area contributed by atoms with Gasteiger partial charge < -0.3 is 15.2 Å². The Bertz CT molecular complexity index is 1650. The topological polar surface area (TPSA) is 111 Å². The third kappa shape index (κ3) is 4.70. The van der Waals surface area contributed by atoms with Gasteiger partial charge in [-0.3, -0.25) is 19.1 Å². The second-order valence-electron chi connectivity index (χ2n) is 8.37. The highest BCUT2D eigenvalue weighted by Crippen LogP contribution is 2.20. The quantitative estimate of drug-likeness (QED) is 0.358. The van der Waals surface area contributed by atoms with Gasteiger partial charge in [0.1, 0.15) is 11.4 Å². The van der Waals surface area contributed by atoms with Crippen molar-refractivity contribution < 1.29 is 14.1 Å². The maximum Gasteiger partial charge on any atom is 0.295 e. The molecule has 5 aromatic rings. The highest BCUT2D eigenvalue weighted by atomic mass is 16.5. The van der Waals surface area contributed by atoms with Crippen LogP contribution in [0.15, 0.2) is 100 Å². The van der Waals surface area contributed by atoms with Crippen LogP contribution in [0.1, 0.15) is 26.6 Å². The Kier molecular flexibility index (Phi) is 6.25. The lowest BCUT2D eigenvalue weighted by molar-refractivity contribution is 0.0985.